The number of amides is 2. The van der Waals surface area contributed by atoms with Gasteiger partial charge in [0.1, 0.15) is 0 Å². The second-order valence-electron chi connectivity index (χ2n) is 7.18. The van der Waals surface area contributed by atoms with Crippen LogP contribution in [-0.2, 0) is 22.7 Å². The van der Waals surface area contributed by atoms with E-state index in [9.17, 15) is 9.59 Å². The van der Waals surface area contributed by atoms with Gasteiger partial charge in [-0.3, -0.25) is 9.59 Å². The van der Waals surface area contributed by atoms with Gasteiger partial charge in [-0.25, -0.2) is 0 Å². The summed E-state index contributed by atoms with van der Waals surface area (Å²) in [4.78, 5) is 30.5. The first kappa shape index (κ1) is 22.2. The lowest BCUT2D eigenvalue weighted by atomic mass is 10.2. The Morgan fingerprint density at radius 3 is 2.29 bits per heavy atom. The van der Waals surface area contributed by atoms with Gasteiger partial charge in [-0.15, -0.1) is 11.3 Å². The first-order chi connectivity index (χ1) is 13.5. The zero-order chi connectivity index (χ0) is 20.4. The van der Waals surface area contributed by atoms with Crippen molar-refractivity contribution in [2.45, 2.75) is 59.5 Å². The zero-order valence-corrected chi connectivity index (χ0v) is 18.1. The molecule has 1 heterocycles. The molecule has 1 aromatic heterocycles. The van der Waals surface area contributed by atoms with Crippen LogP contribution in [0.3, 0.4) is 0 Å². The average Bonchev–Trinajstić information content (AvgIpc) is 3.10. The van der Waals surface area contributed by atoms with E-state index in [0.29, 0.717) is 26.1 Å². The molecule has 0 saturated carbocycles. The summed E-state index contributed by atoms with van der Waals surface area (Å²) in [7, 11) is 0. The van der Waals surface area contributed by atoms with E-state index in [1.807, 2.05) is 42.2 Å². The lowest BCUT2D eigenvalue weighted by Crippen LogP contribution is -2.42. The quantitative estimate of drug-likeness (QED) is 0.532. The minimum absolute atomic E-state index is 0.00921. The molecule has 0 spiro atoms. The number of nitrogens with zero attached hydrogens (tertiary/aromatic N) is 2. The van der Waals surface area contributed by atoms with Gasteiger partial charge in [-0.05, 0) is 42.3 Å². The molecular formula is C23H32N2O2S. The Kier molecular flexibility index (Phi) is 9.21. The summed E-state index contributed by atoms with van der Waals surface area (Å²) in [5, 5.41) is 2.06. The van der Waals surface area contributed by atoms with Crippen LogP contribution in [0, 0.1) is 6.92 Å². The molecule has 5 heteroatoms. The highest BCUT2D eigenvalue weighted by atomic mass is 32.1. The predicted octanol–water partition coefficient (Wildman–Crippen LogP) is 5.01. The van der Waals surface area contributed by atoms with Crippen LogP contribution in [0.2, 0.25) is 0 Å². The summed E-state index contributed by atoms with van der Waals surface area (Å²) in [6.07, 6.45) is 3.23. The second kappa shape index (κ2) is 11.6. The topological polar surface area (TPSA) is 40.6 Å². The van der Waals surface area contributed by atoms with Crippen LogP contribution >= 0.6 is 11.3 Å². The highest BCUT2D eigenvalue weighted by Crippen LogP contribution is 2.20. The first-order valence-electron chi connectivity index (χ1n) is 10.2. The van der Waals surface area contributed by atoms with Gasteiger partial charge in [0.15, 0.2) is 0 Å². The lowest BCUT2D eigenvalue weighted by molar-refractivity contribution is -0.141. The largest absolute Gasteiger partial charge is 0.333 e. The third-order valence-corrected chi connectivity index (χ3v) is 5.80. The normalized spacial score (nSPS) is 10.7. The van der Waals surface area contributed by atoms with Crippen molar-refractivity contribution in [2.24, 2.45) is 0 Å². The van der Waals surface area contributed by atoms with E-state index in [2.05, 4.69) is 25.3 Å². The van der Waals surface area contributed by atoms with E-state index in [1.54, 1.807) is 16.2 Å². The lowest BCUT2D eigenvalue weighted by Gasteiger charge is -2.28. The van der Waals surface area contributed by atoms with Crippen LogP contribution < -0.4 is 0 Å². The molecule has 152 valence electrons. The van der Waals surface area contributed by atoms with Gasteiger partial charge < -0.3 is 9.80 Å². The number of thiophene rings is 1. The Morgan fingerprint density at radius 1 is 0.929 bits per heavy atom. The predicted molar refractivity (Wildman–Crippen MR) is 116 cm³/mol. The van der Waals surface area contributed by atoms with Crippen LogP contribution in [0.25, 0.3) is 0 Å². The van der Waals surface area contributed by atoms with Gasteiger partial charge in [0.05, 0.1) is 13.1 Å². The number of hydrogen-bond acceptors (Lipinski definition) is 3. The maximum Gasteiger partial charge on any atom is 0.242 e. The number of benzene rings is 1. The van der Waals surface area contributed by atoms with Crippen molar-refractivity contribution < 1.29 is 9.59 Å². The molecule has 0 aliphatic heterocycles. The average molecular weight is 401 g/mol. The van der Waals surface area contributed by atoms with Crippen LogP contribution in [0.4, 0.5) is 0 Å². The Balaban J connectivity index is 2.13. The summed E-state index contributed by atoms with van der Waals surface area (Å²) in [6, 6.07) is 12.1. The molecule has 0 atom stereocenters. The number of hydrogen-bond donors (Lipinski definition) is 0. The number of rotatable bonds is 11. The Hall–Kier alpha value is -2.14. The van der Waals surface area contributed by atoms with Crippen molar-refractivity contribution in [3.63, 3.8) is 0 Å². The molecular weight excluding hydrogens is 368 g/mol. The molecule has 2 aromatic rings. The van der Waals surface area contributed by atoms with Crippen molar-refractivity contribution in [3.05, 3.63) is 57.8 Å². The first-order valence-corrected chi connectivity index (χ1v) is 11.1. The molecule has 2 amide bonds. The fourth-order valence-electron chi connectivity index (χ4n) is 3.09. The summed E-state index contributed by atoms with van der Waals surface area (Å²) in [6.45, 7) is 8.13. The molecule has 1 aromatic carbocycles. The van der Waals surface area contributed by atoms with Crippen molar-refractivity contribution in [2.75, 3.05) is 13.1 Å². The molecule has 2 rings (SSSR count). The number of aryl methyl sites for hydroxylation is 1. The second-order valence-corrected chi connectivity index (χ2v) is 8.18. The summed E-state index contributed by atoms with van der Waals surface area (Å²) < 4.78 is 0. The SMILES string of the molecule is CCCCC(=O)N(CCC)CC(=O)N(Cc1ccccc1)Cc1sccc1C. The van der Waals surface area contributed by atoms with Crippen LogP contribution in [0.15, 0.2) is 41.8 Å². The molecule has 0 saturated heterocycles. The van der Waals surface area contributed by atoms with Crippen molar-refractivity contribution in [1.29, 1.82) is 0 Å². The molecule has 0 radical (unpaired) electrons. The van der Waals surface area contributed by atoms with Gasteiger partial charge in [0.25, 0.3) is 0 Å². The highest BCUT2D eigenvalue weighted by molar-refractivity contribution is 7.10. The monoisotopic (exact) mass is 400 g/mol. The minimum Gasteiger partial charge on any atom is -0.333 e. The number of carbonyl (C=O) groups excluding carboxylic acids is 2. The van der Waals surface area contributed by atoms with Gasteiger partial charge in [0.2, 0.25) is 11.8 Å². The van der Waals surface area contributed by atoms with E-state index >= 15 is 0 Å². The highest BCUT2D eigenvalue weighted by Gasteiger charge is 2.21. The molecule has 4 nitrogen and oxygen atoms in total. The molecule has 28 heavy (non-hydrogen) atoms. The minimum atomic E-state index is 0.00921. The third-order valence-electron chi connectivity index (χ3n) is 4.79. The number of unbranched alkanes of at least 4 members (excludes halogenated alkanes) is 1. The van der Waals surface area contributed by atoms with E-state index in [4.69, 9.17) is 0 Å². The molecule has 0 fully saturated rings. The fourth-order valence-corrected chi connectivity index (χ4v) is 4.01. The van der Waals surface area contributed by atoms with Crippen LogP contribution in [0.5, 0.6) is 0 Å². The van der Waals surface area contributed by atoms with Crippen LogP contribution in [-0.4, -0.2) is 34.7 Å². The molecule has 0 aliphatic rings. The van der Waals surface area contributed by atoms with Gasteiger partial charge >= 0.3 is 0 Å². The summed E-state index contributed by atoms with van der Waals surface area (Å²) in [5.41, 5.74) is 2.31. The van der Waals surface area contributed by atoms with E-state index in [0.717, 1.165) is 24.8 Å². The van der Waals surface area contributed by atoms with Crippen LogP contribution in [0.1, 0.15) is 55.5 Å². The smallest absolute Gasteiger partial charge is 0.242 e. The van der Waals surface area contributed by atoms with E-state index in [1.165, 1.54) is 10.4 Å². The molecule has 0 unspecified atom stereocenters. The fraction of sp³-hybridized carbons (Fsp3) is 0.478. The van der Waals surface area contributed by atoms with Gasteiger partial charge in [0, 0.05) is 24.4 Å². The maximum absolute atomic E-state index is 13.2. The summed E-state index contributed by atoms with van der Waals surface area (Å²) in [5.74, 6) is 0.0963. The Bertz CT molecular complexity index is 742. The molecule has 0 N–H and O–H groups in total. The van der Waals surface area contributed by atoms with Crippen molar-refractivity contribution in [3.8, 4) is 0 Å². The maximum atomic E-state index is 13.2. The van der Waals surface area contributed by atoms with E-state index in [-0.39, 0.29) is 18.4 Å². The van der Waals surface area contributed by atoms with Crippen molar-refractivity contribution >= 4 is 23.2 Å². The molecule has 0 aliphatic carbocycles. The Morgan fingerprint density at radius 2 is 1.68 bits per heavy atom. The summed E-state index contributed by atoms with van der Waals surface area (Å²) >= 11 is 1.68. The van der Waals surface area contributed by atoms with Gasteiger partial charge in [-0.1, -0.05) is 50.6 Å². The van der Waals surface area contributed by atoms with Crippen molar-refractivity contribution in [1.82, 2.24) is 9.80 Å². The van der Waals surface area contributed by atoms with E-state index < -0.39 is 0 Å². The zero-order valence-electron chi connectivity index (χ0n) is 17.3. The third kappa shape index (κ3) is 6.79. The Labute approximate surface area is 173 Å². The standard InChI is InChI=1S/C23H32N2O2S/c1-4-6-12-22(26)24(14-5-2)18-23(27)25(16-20-10-8-7-9-11-20)17-21-19(3)13-15-28-21/h7-11,13,15H,4-6,12,14,16-18H2,1-3H3. The van der Waals surface area contributed by atoms with Gasteiger partial charge in [-0.2, -0.15) is 0 Å². The number of carbonyl (C=O) groups is 2. The molecule has 0 bridgehead atoms.